The van der Waals surface area contributed by atoms with E-state index in [1.165, 1.54) is 24.7 Å². The van der Waals surface area contributed by atoms with Crippen LogP contribution in [0, 0.1) is 11.7 Å². The van der Waals surface area contributed by atoms with Gasteiger partial charge < -0.3 is 9.64 Å². The first kappa shape index (κ1) is 17.8. The maximum atomic E-state index is 13.7. The van der Waals surface area contributed by atoms with Gasteiger partial charge in [0.05, 0.1) is 18.3 Å². The van der Waals surface area contributed by atoms with Gasteiger partial charge >= 0.3 is 0 Å². The van der Waals surface area contributed by atoms with E-state index >= 15 is 0 Å². The average molecular weight is 371 g/mol. The van der Waals surface area contributed by atoms with Crippen molar-refractivity contribution in [3.05, 3.63) is 48.4 Å². The highest BCUT2D eigenvalue weighted by atomic mass is 19.1. The number of aromatic nitrogens is 3. The molecule has 0 aliphatic carbocycles. The van der Waals surface area contributed by atoms with Crippen LogP contribution in [0.5, 0.6) is 5.88 Å². The highest BCUT2D eigenvalue weighted by molar-refractivity contribution is 5.92. The fraction of sp³-hybridized carbons (Fsp3) is 0.474. The summed E-state index contributed by atoms with van der Waals surface area (Å²) in [7, 11) is 2.10. The molecule has 0 aromatic carbocycles. The predicted octanol–water partition coefficient (Wildman–Crippen LogP) is 1.63. The van der Waals surface area contributed by atoms with Crippen LogP contribution in [0.3, 0.4) is 0 Å². The van der Waals surface area contributed by atoms with Crippen molar-refractivity contribution in [3.8, 4) is 5.88 Å². The van der Waals surface area contributed by atoms with Crippen LogP contribution in [0.15, 0.2) is 36.9 Å². The van der Waals surface area contributed by atoms with Crippen molar-refractivity contribution >= 4 is 5.91 Å². The molecule has 2 aliphatic heterocycles. The third kappa shape index (κ3) is 3.49. The summed E-state index contributed by atoms with van der Waals surface area (Å²) >= 11 is 0. The molecule has 1 atom stereocenters. The Morgan fingerprint density at radius 2 is 2.19 bits per heavy atom. The van der Waals surface area contributed by atoms with Crippen LogP contribution in [-0.2, 0) is 0 Å². The largest absolute Gasteiger partial charge is 0.475 e. The Labute approximate surface area is 157 Å². The molecule has 27 heavy (non-hydrogen) atoms. The Bertz CT molecular complexity index is 813. The van der Waals surface area contributed by atoms with Crippen LogP contribution in [0.25, 0.3) is 0 Å². The molecule has 0 saturated carbocycles. The van der Waals surface area contributed by atoms with Crippen molar-refractivity contribution in [2.24, 2.45) is 5.92 Å². The van der Waals surface area contributed by atoms with Crippen LogP contribution in [0.4, 0.5) is 4.39 Å². The quantitative estimate of drug-likeness (QED) is 0.814. The SMILES string of the molecule is CN1CC[C@H](COc2ncccc2F)CC12CN(C(=O)c1cnccn1)C2. The van der Waals surface area contributed by atoms with E-state index < -0.39 is 5.82 Å². The highest BCUT2D eigenvalue weighted by Crippen LogP contribution is 2.38. The molecule has 2 saturated heterocycles. The van der Waals surface area contributed by atoms with Crippen LogP contribution in [0.2, 0.25) is 0 Å². The lowest BCUT2D eigenvalue weighted by atomic mass is 9.75. The number of hydrogen-bond donors (Lipinski definition) is 0. The standard InChI is InChI=1S/C19H22FN5O2/c1-24-8-4-14(11-27-17-15(20)3-2-5-23-17)9-19(24)12-25(13-19)18(26)16-10-21-6-7-22-16/h2-3,5-7,10,14H,4,8-9,11-13H2,1H3/t14-/m0/s1. The predicted molar refractivity (Wildman–Crippen MR) is 95.7 cm³/mol. The topological polar surface area (TPSA) is 71.5 Å². The summed E-state index contributed by atoms with van der Waals surface area (Å²) in [4.78, 5) is 28.7. The highest BCUT2D eigenvalue weighted by Gasteiger charge is 2.51. The zero-order valence-electron chi connectivity index (χ0n) is 15.2. The van der Waals surface area contributed by atoms with E-state index in [2.05, 4.69) is 26.9 Å². The molecular formula is C19H22FN5O2. The number of likely N-dealkylation sites (tertiary alicyclic amines) is 2. The number of halogens is 1. The lowest BCUT2D eigenvalue weighted by molar-refractivity contribution is -0.0698. The summed E-state index contributed by atoms with van der Waals surface area (Å²) in [6.45, 7) is 2.67. The van der Waals surface area contributed by atoms with Gasteiger partial charge in [0.15, 0.2) is 5.82 Å². The first-order valence-electron chi connectivity index (χ1n) is 9.07. The summed E-state index contributed by atoms with van der Waals surface area (Å²) in [5.74, 6) is -0.171. The molecule has 2 aromatic heterocycles. The second-order valence-corrected chi connectivity index (χ2v) is 7.36. The fourth-order valence-electron chi connectivity index (χ4n) is 3.97. The van der Waals surface area contributed by atoms with Gasteiger partial charge in [-0.25, -0.2) is 14.4 Å². The second kappa shape index (κ2) is 7.19. The minimum atomic E-state index is -0.440. The van der Waals surface area contributed by atoms with Gasteiger partial charge in [0.2, 0.25) is 5.88 Å². The lowest BCUT2D eigenvalue weighted by Gasteiger charge is -2.58. The summed E-state index contributed by atoms with van der Waals surface area (Å²) in [6, 6.07) is 2.89. The number of carbonyl (C=O) groups excluding carboxylic acids is 1. The maximum Gasteiger partial charge on any atom is 0.274 e. The van der Waals surface area contributed by atoms with E-state index in [4.69, 9.17) is 4.74 Å². The minimum absolute atomic E-state index is 0.0488. The van der Waals surface area contributed by atoms with Crippen molar-refractivity contribution in [1.82, 2.24) is 24.8 Å². The fourth-order valence-corrected chi connectivity index (χ4v) is 3.97. The molecule has 2 aliphatic rings. The first-order valence-corrected chi connectivity index (χ1v) is 9.07. The van der Waals surface area contributed by atoms with Crippen molar-refractivity contribution in [3.63, 3.8) is 0 Å². The molecule has 8 heteroatoms. The van der Waals surface area contributed by atoms with E-state index in [0.717, 1.165) is 19.4 Å². The number of amides is 1. The van der Waals surface area contributed by atoms with Gasteiger partial charge in [-0.05, 0) is 44.5 Å². The number of carbonyl (C=O) groups is 1. The minimum Gasteiger partial charge on any atom is -0.475 e. The number of rotatable bonds is 4. The number of pyridine rings is 1. The van der Waals surface area contributed by atoms with Crippen LogP contribution < -0.4 is 4.74 Å². The van der Waals surface area contributed by atoms with Gasteiger partial charge in [-0.3, -0.25) is 14.7 Å². The summed E-state index contributed by atoms with van der Waals surface area (Å²) in [5.41, 5.74) is 0.323. The molecule has 1 amide bonds. The van der Waals surface area contributed by atoms with Crippen molar-refractivity contribution in [2.45, 2.75) is 18.4 Å². The van der Waals surface area contributed by atoms with Gasteiger partial charge in [0, 0.05) is 31.7 Å². The molecule has 0 bridgehead atoms. The summed E-state index contributed by atoms with van der Waals surface area (Å²) < 4.78 is 19.3. The van der Waals surface area contributed by atoms with E-state index in [1.54, 1.807) is 12.3 Å². The number of piperidine rings is 1. The summed E-state index contributed by atoms with van der Waals surface area (Å²) in [5, 5.41) is 0. The van der Waals surface area contributed by atoms with Crippen molar-refractivity contribution < 1.29 is 13.9 Å². The van der Waals surface area contributed by atoms with E-state index in [9.17, 15) is 9.18 Å². The third-order valence-corrected chi connectivity index (χ3v) is 5.57. The van der Waals surface area contributed by atoms with Crippen LogP contribution in [-0.4, -0.2) is 69.5 Å². The van der Waals surface area contributed by atoms with E-state index in [1.807, 2.05) is 4.90 Å². The zero-order chi connectivity index (χ0) is 18.9. The number of hydrogen-bond acceptors (Lipinski definition) is 6. The molecule has 0 unspecified atom stereocenters. The van der Waals surface area contributed by atoms with E-state index in [0.29, 0.717) is 31.3 Å². The van der Waals surface area contributed by atoms with Gasteiger partial charge in [0.25, 0.3) is 5.91 Å². The Hall–Kier alpha value is -2.61. The van der Waals surface area contributed by atoms with Crippen molar-refractivity contribution in [1.29, 1.82) is 0 Å². The Morgan fingerprint density at radius 3 is 2.93 bits per heavy atom. The van der Waals surface area contributed by atoms with Crippen molar-refractivity contribution in [2.75, 3.05) is 33.3 Å². The third-order valence-electron chi connectivity index (χ3n) is 5.57. The normalized spacial score (nSPS) is 21.7. The maximum absolute atomic E-state index is 13.7. The Balaban J connectivity index is 1.36. The van der Waals surface area contributed by atoms with Gasteiger partial charge in [-0.15, -0.1) is 0 Å². The second-order valence-electron chi connectivity index (χ2n) is 7.36. The zero-order valence-corrected chi connectivity index (χ0v) is 15.2. The van der Waals surface area contributed by atoms with E-state index in [-0.39, 0.29) is 17.3 Å². The Kier molecular flexibility index (Phi) is 4.73. The molecule has 4 heterocycles. The lowest BCUT2D eigenvalue weighted by Crippen LogP contribution is -2.72. The molecule has 2 aromatic rings. The molecule has 142 valence electrons. The van der Waals surface area contributed by atoms with Gasteiger partial charge in [-0.2, -0.15) is 0 Å². The molecule has 4 rings (SSSR count). The number of ether oxygens (including phenoxy) is 1. The molecule has 1 spiro atoms. The van der Waals surface area contributed by atoms with Crippen LogP contribution >= 0.6 is 0 Å². The monoisotopic (exact) mass is 371 g/mol. The van der Waals surface area contributed by atoms with Gasteiger partial charge in [0.1, 0.15) is 5.69 Å². The molecule has 0 N–H and O–H groups in total. The summed E-state index contributed by atoms with van der Waals surface area (Å²) in [6.07, 6.45) is 7.98. The Morgan fingerprint density at radius 1 is 1.33 bits per heavy atom. The average Bonchev–Trinajstić information content (AvgIpc) is 2.67. The molecular weight excluding hydrogens is 349 g/mol. The van der Waals surface area contributed by atoms with Crippen LogP contribution in [0.1, 0.15) is 23.3 Å². The number of nitrogens with zero attached hydrogens (tertiary/aromatic N) is 5. The number of likely N-dealkylation sites (N-methyl/N-ethyl adjacent to an activating group) is 1. The molecule has 7 nitrogen and oxygen atoms in total. The van der Waals surface area contributed by atoms with Gasteiger partial charge in [-0.1, -0.05) is 0 Å². The molecule has 2 fully saturated rings. The smallest absolute Gasteiger partial charge is 0.274 e. The molecule has 0 radical (unpaired) electrons. The first-order chi connectivity index (χ1) is 13.1.